The predicted molar refractivity (Wildman–Crippen MR) is 88.6 cm³/mol. The zero-order valence-corrected chi connectivity index (χ0v) is 13.6. The third-order valence-corrected chi connectivity index (χ3v) is 3.95. The lowest BCUT2D eigenvalue weighted by Crippen LogP contribution is -2.32. The number of hydrogen-bond acceptors (Lipinski definition) is 6. The Morgan fingerprint density at radius 2 is 2.28 bits per heavy atom. The molecule has 25 heavy (non-hydrogen) atoms. The summed E-state index contributed by atoms with van der Waals surface area (Å²) in [6, 6.07) is 7.01. The van der Waals surface area contributed by atoms with Crippen molar-refractivity contribution in [3.8, 4) is 11.5 Å². The fraction of sp³-hybridized carbons (Fsp3) is 0.312. The first-order valence-corrected chi connectivity index (χ1v) is 8.06. The summed E-state index contributed by atoms with van der Waals surface area (Å²) in [6.07, 6.45) is 5.23. The number of anilines is 1. The monoisotopic (exact) mass is 339 g/mol. The molecule has 0 bridgehead atoms. The molecule has 0 saturated heterocycles. The van der Waals surface area contributed by atoms with E-state index in [0.717, 1.165) is 18.4 Å². The second-order valence-corrected chi connectivity index (χ2v) is 5.95. The van der Waals surface area contributed by atoms with Gasteiger partial charge in [-0.25, -0.2) is 14.5 Å². The molecule has 9 heteroatoms. The van der Waals surface area contributed by atoms with Crippen molar-refractivity contribution >= 4 is 11.7 Å². The van der Waals surface area contributed by atoms with Gasteiger partial charge >= 0.3 is 6.03 Å². The van der Waals surface area contributed by atoms with Gasteiger partial charge in [0.25, 0.3) is 0 Å². The number of urea groups is 1. The Hall–Kier alpha value is -3.23. The van der Waals surface area contributed by atoms with Gasteiger partial charge in [0, 0.05) is 11.3 Å². The zero-order chi connectivity index (χ0) is 17.2. The van der Waals surface area contributed by atoms with Gasteiger partial charge in [-0.05, 0) is 48.4 Å². The predicted octanol–water partition coefficient (Wildman–Crippen LogP) is 2.55. The van der Waals surface area contributed by atoms with Gasteiger partial charge in [-0.2, -0.15) is 0 Å². The Morgan fingerprint density at radius 1 is 1.40 bits per heavy atom. The van der Waals surface area contributed by atoms with Crippen molar-refractivity contribution in [3.05, 3.63) is 42.5 Å². The quantitative estimate of drug-likeness (QED) is 0.739. The van der Waals surface area contributed by atoms with Crippen molar-refractivity contribution < 1.29 is 9.21 Å². The van der Waals surface area contributed by atoms with Crippen LogP contribution in [0.5, 0.6) is 0 Å². The summed E-state index contributed by atoms with van der Waals surface area (Å²) in [7, 11) is 0. The van der Waals surface area contributed by atoms with Crippen LogP contribution in [0.2, 0.25) is 0 Å². The molecule has 128 valence electrons. The standard InChI is InChI=1S/C16H17N7O2/c1-10(14-20-21-22-23(14)13-5-6-13)18-16(24)19-12-4-2-3-11(9-12)15-17-7-8-25-15/h2-4,7-10,13H,5-6H2,1H3,(H2,18,19,24). The molecule has 3 aromatic rings. The van der Waals surface area contributed by atoms with Gasteiger partial charge in [0.2, 0.25) is 5.89 Å². The molecule has 0 spiro atoms. The number of carbonyl (C=O) groups is 1. The first-order valence-electron chi connectivity index (χ1n) is 8.06. The molecule has 1 atom stereocenters. The number of tetrazole rings is 1. The summed E-state index contributed by atoms with van der Waals surface area (Å²) in [4.78, 5) is 16.4. The Kier molecular flexibility index (Phi) is 3.88. The molecule has 2 N–H and O–H groups in total. The number of benzene rings is 1. The van der Waals surface area contributed by atoms with Crippen molar-refractivity contribution in [3.63, 3.8) is 0 Å². The van der Waals surface area contributed by atoms with Crippen molar-refractivity contribution in [2.45, 2.75) is 31.8 Å². The molecule has 1 aromatic carbocycles. The van der Waals surface area contributed by atoms with Crippen LogP contribution in [0.4, 0.5) is 10.5 Å². The Bertz CT molecular complexity index is 870. The van der Waals surface area contributed by atoms with Gasteiger partial charge in [-0.15, -0.1) is 5.10 Å². The van der Waals surface area contributed by atoms with Crippen LogP contribution < -0.4 is 10.6 Å². The van der Waals surface area contributed by atoms with Gasteiger partial charge in [0.1, 0.15) is 6.26 Å². The van der Waals surface area contributed by atoms with Gasteiger partial charge in [-0.1, -0.05) is 6.07 Å². The first-order chi connectivity index (χ1) is 12.2. The minimum absolute atomic E-state index is 0.300. The highest BCUT2D eigenvalue weighted by atomic mass is 16.3. The highest BCUT2D eigenvalue weighted by Crippen LogP contribution is 2.35. The van der Waals surface area contributed by atoms with E-state index in [9.17, 15) is 4.79 Å². The van der Waals surface area contributed by atoms with Crippen LogP contribution in [0.1, 0.15) is 37.7 Å². The molecular weight excluding hydrogens is 322 g/mol. The summed E-state index contributed by atoms with van der Waals surface area (Å²) in [5.41, 5.74) is 1.43. The number of hydrogen-bond donors (Lipinski definition) is 2. The van der Waals surface area contributed by atoms with Crippen LogP contribution in [0.25, 0.3) is 11.5 Å². The van der Waals surface area contributed by atoms with E-state index < -0.39 is 0 Å². The third-order valence-electron chi connectivity index (χ3n) is 3.95. The Balaban J connectivity index is 1.42. The van der Waals surface area contributed by atoms with Gasteiger partial charge < -0.3 is 15.1 Å². The van der Waals surface area contributed by atoms with Crippen molar-refractivity contribution in [1.29, 1.82) is 0 Å². The fourth-order valence-electron chi connectivity index (χ4n) is 2.59. The van der Waals surface area contributed by atoms with Gasteiger partial charge in [-0.3, -0.25) is 0 Å². The largest absolute Gasteiger partial charge is 0.445 e. The smallest absolute Gasteiger partial charge is 0.319 e. The average Bonchev–Trinajstić information content (AvgIpc) is 3.12. The molecule has 1 unspecified atom stereocenters. The molecule has 2 amide bonds. The van der Waals surface area contributed by atoms with E-state index in [1.165, 1.54) is 6.26 Å². The number of amides is 2. The van der Waals surface area contributed by atoms with E-state index in [0.29, 0.717) is 23.4 Å². The number of nitrogens with zero attached hydrogens (tertiary/aromatic N) is 5. The van der Waals surface area contributed by atoms with Crippen LogP contribution in [0.15, 0.2) is 41.1 Å². The van der Waals surface area contributed by atoms with Crippen LogP contribution in [-0.4, -0.2) is 31.2 Å². The zero-order valence-electron chi connectivity index (χ0n) is 13.6. The van der Waals surface area contributed by atoms with E-state index in [1.807, 2.05) is 19.1 Å². The van der Waals surface area contributed by atoms with Crippen LogP contribution in [0, 0.1) is 0 Å². The highest BCUT2D eigenvalue weighted by molar-refractivity contribution is 5.90. The summed E-state index contributed by atoms with van der Waals surface area (Å²) >= 11 is 0. The van der Waals surface area contributed by atoms with Crippen molar-refractivity contribution in [2.75, 3.05) is 5.32 Å². The molecule has 1 aliphatic rings. The maximum absolute atomic E-state index is 12.3. The molecule has 9 nitrogen and oxygen atoms in total. The normalized spacial score (nSPS) is 14.9. The molecule has 0 radical (unpaired) electrons. The molecule has 2 aromatic heterocycles. The third kappa shape index (κ3) is 3.35. The molecule has 4 rings (SSSR count). The molecule has 1 saturated carbocycles. The summed E-state index contributed by atoms with van der Waals surface area (Å²) in [6.45, 7) is 1.85. The lowest BCUT2D eigenvalue weighted by atomic mass is 10.2. The number of rotatable bonds is 5. The summed E-state index contributed by atoms with van der Waals surface area (Å²) in [5.74, 6) is 1.16. The number of oxazole rings is 1. The number of carbonyl (C=O) groups excluding carboxylic acids is 1. The van der Waals surface area contributed by atoms with Crippen LogP contribution >= 0.6 is 0 Å². The lowest BCUT2D eigenvalue weighted by Gasteiger charge is -2.14. The van der Waals surface area contributed by atoms with Crippen molar-refractivity contribution in [1.82, 2.24) is 30.5 Å². The SMILES string of the molecule is CC(NC(=O)Nc1cccc(-c2ncco2)c1)c1nnnn1C1CC1. The molecule has 1 fully saturated rings. The van der Waals surface area contributed by atoms with Crippen LogP contribution in [0.3, 0.4) is 0 Å². The second-order valence-electron chi connectivity index (χ2n) is 5.95. The maximum atomic E-state index is 12.3. The molecular formula is C16H17N7O2. The van der Waals surface area contributed by atoms with Gasteiger partial charge in [0.05, 0.1) is 18.3 Å². The molecule has 1 aliphatic carbocycles. The topological polar surface area (TPSA) is 111 Å². The van der Waals surface area contributed by atoms with E-state index in [1.54, 1.807) is 23.0 Å². The molecule has 0 aliphatic heterocycles. The summed E-state index contributed by atoms with van der Waals surface area (Å²) in [5, 5.41) is 17.4. The number of nitrogens with one attached hydrogen (secondary N) is 2. The fourth-order valence-corrected chi connectivity index (χ4v) is 2.59. The van der Waals surface area contributed by atoms with Crippen molar-refractivity contribution in [2.24, 2.45) is 0 Å². The summed E-state index contributed by atoms with van der Waals surface area (Å²) < 4.78 is 7.06. The lowest BCUT2D eigenvalue weighted by molar-refractivity contribution is 0.248. The van der Waals surface area contributed by atoms with E-state index in [2.05, 4.69) is 31.1 Å². The van der Waals surface area contributed by atoms with Gasteiger partial charge in [0.15, 0.2) is 5.82 Å². The minimum Gasteiger partial charge on any atom is -0.445 e. The first kappa shape index (κ1) is 15.3. The van der Waals surface area contributed by atoms with E-state index >= 15 is 0 Å². The Labute approximate surface area is 143 Å². The molecule has 2 heterocycles. The van der Waals surface area contributed by atoms with Crippen LogP contribution in [-0.2, 0) is 0 Å². The van der Waals surface area contributed by atoms with E-state index in [-0.39, 0.29) is 12.1 Å². The minimum atomic E-state index is -0.331. The maximum Gasteiger partial charge on any atom is 0.319 e. The number of aromatic nitrogens is 5. The average molecular weight is 339 g/mol. The van der Waals surface area contributed by atoms with E-state index in [4.69, 9.17) is 4.42 Å². The highest BCUT2D eigenvalue weighted by Gasteiger charge is 2.29. The second kappa shape index (κ2) is 6.34. The Morgan fingerprint density at radius 3 is 3.04 bits per heavy atom.